The molecule has 2 unspecified atom stereocenters. The van der Waals surface area contributed by atoms with E-state index in [2.05, 4.69) is 12.1 Å². The highest BCUT2D eigenvalue weighted by atomic mass is 32.3. The molecule has 2 N–H and O–H groups in total. The largest absolute Gasteiger partial charge is 0.759 e. The summed E-state index contributed by atoms with van der Waals surface area (Å²) in [6.45, 7) is 2.23. The summed E-state index contributed by atoms with van der Waals surface area (Å²) in [5.41, 5.74) is 2.08. The standard InChI is InChI=1S/C22H24FN3O.H2O4S/c1-25-13-4-5-18(12-14-25)26-22(27)20-7-3-2-6-19(20)21(24-26)15-16-8-10-17(23)11-9-16;1-5(2,3)4/h2-3,6-11,18H,4-5,12-15H2,1H3;(H2,1,2,3,4). The number of aromatic amines is 1. The first-order chi connectivity index (χ1) is 15.1. The van der Waals surface area contributed by atoms with Gasteiger partial charge in [-0.2, -0.15) is 0 Å². The molecule has 0 spiro atoms. The van der Waals surface area contributed by atoms with Crippen LogP contribution in [0.25, 0.3) is 10.8 Å². The molecule has 1 aliphatic rings. The highest BCUT2D eigenvalue weighted by molar-refractivity contribution is 7.79. The number of likely N-dealkylation sites (tertiary alicyclic amines) is 1. The highest BCUT2D eigenvalue weighted by Crippen LogP contribution is 2.19. The van der Waals surface area contributed by atoms with E-state index in [1.165, 1.54) is 17.0 Å². The summed E-state index contributed by atoms with van der Waals surface area (Å²) in [5, 5.41) is 5.12. The number of quaternary nitrogens is 1. The van der Waals surface area contributed by atoms with Crippen molar-refractivity contribution >= 4 is 21.2 Å². The summed E-state index contributed by atoms with van der Waals surface area (Å²) in [5.74, 6) is -0.234. The predicted molar refractivity (Wildman–Crippen MR) is 114 cm³/mol. The van der Waals surface area contributed by atoms with Gasteiger partial charge in [0, 0.05) is 16.8 Å². The molecule has 0 bridgehead atoms. The fraction of sp³-hybridized carbons (Fsp3) is 0.364. The van der Waals surface area contributed by atoms with Crippen LogP contribution in [0.5, 0.6) is 0 Å². The maximum atomic E-state index is 13.3. The SMILES string of the molecule is C[NH+]1CCCC(n2[nH+]c(Cc3ccc(F)cc3)c3ccccc3c2=O)CC1.O=S(=O)([O-])[O-]. The van der Waals surface area contributed by atoms with Crippen molar-refractivity contribution in [3.8, 4) is 0 Å². The number of aromatic nitrogens is 2. The topological polar surface area (TPSA) is 121 Å². The van der Waals surface area contributed by atoms with E-state index in [0.29, 0.717) is 6.42 Å². The van der Waals surface area contributed by atoms with Gasteiger partial charge in [0.1, 0.15) is 5.82 Å². The Balaban J connectivity index is 0.000000523. The van der Waals surface area contributed by atoms with Crippen LogP contribution in [0, 0.1) is 5.82 Å². The summed E-state index contributed by atoms with van der Waals surface area (Å²) in [4.78, 5) is 14.7. The number of hydrogen-bond donors (Lipinski definition) is 1. The van der Waals surface area contributed by atoms with Crippen LogP contribution >= 0.6 is 0 Å². The third kappa shape index (κ3) is 6.67. The normalized spacial score (nSPS) is 19.1. The average molecular weight is 464 g/mol. The minimum Gasteiger partial charge on any atom is -0.759 e. The summed E-state index contributed by atoms with van der Waals surface area (Å²) >= 11 is 0. The van der Waals surface area contributed by atoms with Crippen molar-refractivity contribution in [2.24, 2.45) is 0 Å². The smallest absolute Gasteiger partial charge is 0.308 e. The maximum Gasteiger partial charge on any atom is 0.308 e. The van der Waals surface area contributed by atoms with E-state index in [1.807, 2.05) is 28.9 Å². The first-order valence-corrected chi connectivity index (χ1v) is 11.7. The lowest BCUT2D eigenvalue weighted by atomic mass is 10.0. The fourth-order valence-electron chi connectivity index (χ4n) is 4.10. The number of rotatable bonds is 3. The van der Waals surface area contributed by atoms with E-state index in [4.69, 9.17) is 17.5 Å². The Morgan fingerprint density at radius 3 is 2.34 bits per heavy atom. The molecule has 1 fully saturated rings. The second-order valence-electron chi connectivity index (χ2n) is 8.06. The van der Waals surface area contributed by atoms with E-state index in [1.54, 1.807) is 12.1 Å². The monoisotopic (exact) mass is 463 g/mol. The molecule has 1 aliphatic heterocycles. The van der Waals surface area contributed by atoms with Crippen LogP contribution < -0.4 is 15.6 Å². The van der Waals surface area contributed by atoms with Gasteiger partial charge >= 0.3 is 5.56 Å². The van der Waals surface area contributed by atoms with E-state index in [9.17, 15) is 9.18 Å². The number of H-pyrrole nitrogens is 1. The van der Waals surface area contributed by atoms with Gasteiger partial charge in [0.05, 0.1) is 43.4 Å². The van der Waals surface area contributed by atoms with E-state index >= 15 is 0 Å². The Bertz CT molecular complexity index is 1220. The summed E-state index contributed by atoms with van der Waals surface area (Å²) in [6.07, 6.45) is 3.77. The molecule has 2 heterocycles. The quantitative estimate of drug-likeness (QED) is 0.447. The lowest BCUT2D eigenvalue weighted by Crippen LogP contribution is -3.08. The lowest BCUT2D eigenvalue weighted by Gasteiger charge is -2.14. The highest BCUT2D eigenvalue weighted by Gasteiger charge is 2.26. The molecule has 10 heteroatoms. The molecule has 0 amide bonds. The van der Waals surface area contributed by atoms with Crippen molar-refractivity contribution in [2.75, 3.05) is 20.1 Å². The second kappa shape index (κ2) is 10.3. The van der Waals surface area contributed by atoms with Crippen molar-refractivity contribution < 1.29 is 31.9 Å². The van der Waals surface area contributed by atoms with Crippen LogP contribution in [-0.2, 0) is 16.8 Å². The van der Waals surface area contributed by atoms with Gasteiger partial charge in [-0.3, -0.25) is 13.2 Å². The molecule has 0 aliphatic carbocycles. The van der Waals surface area contributed by atoms with Gasteiger partial charge in [-0.25, -0.2) is 4.39 Å². The fourth-order valence-corrected chi connectivity index (χ4v) is 4.10. The van der Waals surface area contributed by atoms with Gasteiger partial charge in [0.2, 0.25) is 5.69 Å². The van der Waals surface area contributed by atoms with Crippen molar-refractivity contribution in [1.29, 1.82) is 0 Å². The Kier molecular flexibility index (Phi) is 7.73. The Hall–Kier alpha value is -2.66. The van der Waals surface area contributed by atoms with Gasteiger partial charge in [-0.1, -0.05) is 24.3 Å². The molecular formula is C22H26FN3O5S. The van der Waals surface area contributed by atoms with Gasteiger partial charge in [-0.05, 0) is 42.7 Å². The third-order valence-corrected chi connectivity index (χ3v) is 5.66. The Morgan fingerprint density at radius 2 is 1.69 bits per heavy atom. The molecule has 172 valence electrons. The molecular weight excluding hydrogens is 437 g/mol. The van der Waals surface area contributed by atoms with Crippen molar-refractivity contribution in [3.05, 3.63) is 76.0 Å². The number of hydrogen-bond acceptors (Lipinski definition) is 5. The van der Waals surface area contributed by atoms with Crippen LogP contribution in [0.15, 0.2) is 53.3 Å². The summed E-state index contributed by atoms with van der Waals surface area (Å²) in [7, 11) is -2.95. The van der Waals surface area contributed by atoms with Gasteiger partial charge < -0.3 is 14.0 Å². The molecule has 32 heavy (non-hydrogen) atoms. The van der Waals surface area contributed by atoms with Gasteiger partial charge in [-0.15, -0.1) is 9.78 Å². The van der Waals surface area contributed by atoms with Crippen LogP contribution in [0.3, 0.4) is 0 Å². The average Bonchev–Trinajstić information content (AvgIpc) is 2.95. The van der Waals surface area contributed by atoms with Gasteiger partial charge in [0.25, 0.3) is 0 Å². The van der Waals surface area contributed by atoms with Crippen LogP contribution in [0.2, 0.25) is 0 Å². The lowest BCUT2D eigenvalue weighted by molar-refractivity contribution is -0.878. The van der Waals surface area contributed by atoms with Crippen LogP contribution in [-0.4, -0.2) is 42.3 Å². The second-order valence-corrected chi connectivity index (χ2v) is 8.88. The zero-order valence-corrected chi connectivity index (χ0v) is 18.5. The molecule has 3 aromatic rings. The van der Waals surface area contributed by atoms with Crippen LogP contribution in [0.1, 0.15) is 36.6 Å². The number of benzene rings is 2. The van der Waals surface area contributed by atoms with Crippen molar-refractivity contribution in [1.82, 2.24) is 4.68 Å². The number of halogens is 1. The molecule has 0 saturated carbocycles. The van der Waals surface area contributed by atoms with E-state index in [-0.39, 0.29) is 17.4 Å². The maximum absolute atomic E-state index is 13.3. The Morgan fingerprint density at radius 1 is 1.06 bits per heavy atom. The minimum absolute atomic E-state index is 0.0537. The molecule has 4 rings (SSSR count). The molecule has 0 radical (unpaired) electrons. The van der Waals surface area contributed by atoms with Crippen LogP contribution in [0.4, 0.5) is 4.39 Å². The summed E-state index contributed by atoms with van der Waals surface area (Å²) < 4.78 is 49.2. The zero-order valence-electron chi connectivity index (χ0n) is 17.7. The predicted octanol–water partition coefficient (Wildman–Crippen LogP) is 0.447. The van der Waals surface area contributed by atoms with Crippen molar-refractivity contribution in [2.45, 2.75) is 31.7 Å². The molecule has 8 nitrogen and oxygen atoms in total. The van der Waals surface area contributed by atoms with E-state index in [0.717, 1.165) is 54.4 Å². The molecule has 1 aromatic heterocycles. The molecule has 2 atom stereocenters. The molecule has 2 aromatic carbocycles. The van der Waals surface area contributed by atoms with E-state index < -0.39 is 10.4 Å². The minimum atomic E-state index is -5.17. The van der Waals surface area contributed by atoms with Crippen molar-refractivity contribution in [3.63, 3.8) is 0 Å². The third-order valence-electron chi connectivity index (χ3n) is 5.66. The first kappa shape index (κ1) is 24.0. The van der Waals surface area contributed by atoms with Gasteiger partial charge in [0.15, 0.2) is 0 Å². The first-order valence-electron chi connectivity index (χ1n) is 10.4. The number of nitrogens with zero attached hydrogens (tertiary/aromatic N) is 1. The number of nitrogens with one attached hydrogen (secondary N) is 2. The summed E-state index contributed by atoms with van der Waals surface area (Å²) in [6, 6.07) is 14.5. The zero-order chi connectivity index (χ0) is 23.3. The number of fused-ring (bicyclic) bond motifs is 1. The molecule has 1 saturated heterocycles. The Labute approximate surface area is 185 Å².